The molecular weight excluding hydrogens is 208 g/mol. The van der Waals surface area contributed by atoms with Crippen LogP contribution in [-0.4, -0.2) is 6.04 Å². The van der Waals surface area contributed by atoms with Crippen LogP contribution in [0.15, 0.2) is 30.3 Å². The highest BCUT2D eigenvalue weighted by Crippen LogP contribution is 2.46. The van der Waals surface area contributed by atoms with Crippen molar-refractivity contribution in [3.05, 3.63) is 35.9 Å². The minimum Gasteiger partial charge on any atom is -0.298 e. The number of rotatable bonds is 4. The van der Waals surface area contributed by atoms with Crippen LogP contribution in [0.2, 0.25) is 0 Å². The van der Waals surface area contributed by atoms with Gasteiger partial charge in [0.05, 0.1) is 12.1 Å². The van der Waals surface area contributed by atoms with E-state index in [1.54, 1.807) is 0 Å². The smallest absolute Gasteiger partial charge is 0.0984 e. The van der Waals surface area contributed by atoms with Crippen molar-refractivity contribution < 1.29 is 0 Å². The highest BCUT2D eigenvalue weighted by atomic mass is 14.9. The molecule has 1 aromatic carbocycles. The fraction of sp³-hybridized carbons (Fsp3) is 0.533. The topological polar surface area (TPSA) is 35.8 Å². The summed E-state index contributed by atoms with van der Waals surface area (Å²) < 4.78 is 0. The number of benzene rings is 1. The molecule has 1 fully saturated rings. The lowest BCUT2D eigenvalue weighted by atomic mass is 9.62. The van der Waals surface area contributed by atoms with E-state index in [2.05, 4.69) is 37.4 Å². The summed E-state index contributed by atoms with van der Waals surface area (Å²) in [6.45, 7) is 5.33. The zero-order chi connectivity index (χ0) is 12.3. The average molecular weight is 228 g/mol. The maximum absolute atomic E-state index is 9.20. The van der Waals surface area contributed by atoms with Gasteiger partial charge in [0.25, 0.3) is 0 Å². The average Bonchev–Trinajstić information content (AvgIpc) is 2.29. The van der Waals surface area contributed by atoms with Gasteiger partial charge in [-0.25, -0.2) is 0 Å². The Kier molecular flexibility index (Phi) is 3.49. The minimum atomic E-state index is 0.00299. The molecule has 1 aliphatic rings. The zero-order valence-electron chi connectivity index (χ0n) is 10.6. The van der Waals surface area contributed by atoms with Crippen LogP contribution < -0.4 is 5.32 Å². The molecule has 90 valence electrons. The first-order valence-electron chi connectivity index (χ1n) is 6.28. The first kappa shape index (κ1) is 12.1. The van der Waals surface area contributed by atoms with Gasteiger partial charge in [0, 0.05) is 6.54 Å². The number of nitrogens with zero attached hydrogens (tertiary/aromatic N) is 1. The van der Waals surface area contributed by atoms with Gasteiger partial charge >= 0.3 is 0 Å². The largest absolute Gasteiger partial charge is 0.298 e. The third-order valence-electron chi connectivity index (χ3n) is 3.61. The van der Waals surface area contributed by atoms with Crippen molar-refractivity contribution in [1.82, 2.24) is 5.32 Å². The van der Waals surface area contributed by atoms with Gasteiger partial charge in [-0.2, -0.15) is 5.26 Å². The van der Waals surface area contributed by atoms with Gasteiger partial charge in [-0.1, -0.05) is 44.2 Å². The molecule has 2 rings (SSSR count). The molecule has 0 saturated heterocycles. The third kappa shape index (κ3) is 3.08. The van der Waals surface area contributed by atoms with Crippen LogP contribution in [0.4, 0.5) is 0 Å². The van der Waals surface area contributed by atoms with Crippen LogP contribution in [0.3, 0.4) is 0 Å². The first-order valence-corrected chi connectivity index (χ1v) is 6.28. The molecule has 1 atom stereocenters. The van der Waals surface area contributed by atoms with Crippen molar-refractivity contribution >= 4 is 0 Å². The van der Waals surface area contributed by atoms with E-state index in [1.165, 1.54) is 5.56 Å². The van der Waals surface area contributed by atoms with Gasteiger partial charge in [0.2, 0.25) is 0 Å². The highest BCUT2D eigenvalue weighted by Gasteiger charge is 2.40. The molecule has 0 bridgehead atoms. The summed E-state index contributed by atoms with van der Waals surface area (Å²) in [6, 6.07) is 12.7. The number of nitriles is 1. The number of nitrogens with one attached hydrogen (secondary N) is 1. The van der Waals surface area contributed by atoms with Gasteiger partial charge in [-0.05, 0) is 29.7 Å². The van der Waals surface area contributed by atoms with E-state index in [4.69, 9.17) is 0 Å². The molecular formula is C15H20N2. The Balaban J connectivity index is 1.84. The Hall–Kier alpha value is -1.33. The Morgan fingerprint density at radius 3 is 2.53 bits per heavy atom. The van der Waals surface area contributed by atoms with E-state index < -0.39 is 0 Å². The van der Waals surface area contributed by atoms with E-state index >= 15 is 0 Å². The Morgan fingerprint density at radius 2 is 2.00 bits per heavy atom. The second-order valence-electron chi connectivity index (χ2n) is 5.81. The van der Waals surface area contributed by atoms with Gasteiger partial charge in [0.15, 0.2) is 0 Å². The van der Waals surface area contributed by atoms with Crippen LogP contribution >= 0.6 is 0 Å². The molecule has 17 heavy (non-hydrogen) atoms. The monoisotopic (exact) mass is 228 g/mol. The molecule has 0 amide bonds. The maximum Gasteiger partial charge on any atom is 0.0984 e. The van der Waals surface area contributed by atoms with Crippen LogP contribution in [0.1, 0.15) is 32.3 Å². The predicted molar refractivity (Wildman–Crippen MR) is 69.2 cm³/mol. The first-order chi connectivity index (χ1) is 8.11. The lowest BCUT2D eigenvalue weighted by Crippen LogP contribution is -2.45. The SMILES string of the molecule is CC1(C)CC(C(C#N)NCc2ccccc2)C1. The fourth-order valence-electron chi connectivity index (χ4n) is 2.74. The van der Waals surface area contributed by atoms with E-state index in [1.807, 2.05) is 18.2 Å². The molecule has 1 aliphatic carbocycles. The van der Waals surface area contributed by atoms with Gasteiger partial charge < -0.3 is 0 Å². The molecule has 1 saturated carbocycles. The van der Waals surface area contributed by atoms with Crippen molar-refractivity contribution in [2.75, 3.05) is 0 Å². The summed E-state index contributed by atoms with van der Waals surface area (Å²) in [7, 11) is 0. The summed E-state index contributed by atoms with van der Waals surface area (Å²) >= 11 is 0. The normalized spacial score (nSPS) is 20.3. The standard InChI is InChI=1S/C15H20N2/c1-15(2)8-13(9-15)14(10-16)17-11-12-6-4-3-5-7-12/h3-7,13-14,17H,8-9,11H2,1-2H3. The maximum atomic E-state index is 9.20. The predicted octanol–water partition coefficient (Wildman–Crippen LogP) is 3.10. The van der Waals surface area contributed by atoms with Crippen molar-refractivity contribution in [1.29, 1.82) is 5.26 Å². The van der Waals surface area contributed by atoms with E-state index in [0.717, 1.165) is 19.4 Å². The summed E-state index contributed by atoms with van der Waals surface area (Å²) in [6.07, 6.45) is 2.32. The third-order valence-corrected chi connectivity index (χ3v) is 3.61. The summed E-state index contributed by atoms with van der Waals surface area (Å²) in [4.78, 5) is 0. The lowest BCUT2D eigenvalue weighted by Gasteiger charge is -2.44. The molecule has 0 radical (unpaired) electrons. The molecule has 0 aliphatic heterocycles. The summed E-state index contributed by atoms with van der Waals surface area (Å²) in [5.41, 5.74) is 1.68. The van der Waals surface area contributed by atoms with Gasteiger partial charge in [-0.3, -0.25) is 5.32 Å². The van der Waals surface area contributed by atoms with E-state index in [-0.39, 0.29) is 6.04 Å². The molecule has 1 unspecified atom stereocenters. The summed E-state index contributed by atoms with van der Waals surface area (Å²) in [5.74, 6) is 0.527. The Morgan fingerprint density at radius 1 is 1.35 bits per heavy atom. The zero-order valence-corrected chi connectivity index (χ0v) is 10.6. The number of hydrogen-bond donors (Lipinski definition) is 1. The van der Waals surface area contributed by atoms with Crippen LogP contribution in [0.5, 0.6) is 0 Å². The van der Waals surface area contributed by atoms with E-state index in [0.29, 0.717) is 11.3 Å². The van der Waals surface area contributed by atoms with E-state index in [9.17, 15) is 5.26 Å². The van der Waals surface area contributed by atoms with Crippen molar-refractivity contribution in [2.24, 2.45) is 11.3 Å². The molecule has 0 aromatic heterocycles. The Bertz CT molecular complexity index is 395. The fourth-order valence-corrected chi connectivity index (χ4v) is 2.74. The second-order valence-corrected chi connectivity index (χ2v) is 5.81. The molecule has 0 spiro atoms. The highest BCUT2D eigenvalue weighted by molar-refractivity contribution is 5.15. The quantitative estimate of drug-likeness (QED) is 0.859. The lowest BCUT2D eigenvalue weighted by molar-refractivity contribution is 0.0789. The summed E-state index contributed by atoms with van der Waals surface area (Å²) in [5, 5.41) is 12.6. The second kappa shape index (κ2) is 4.89. The molecule has 2 nitrogen and oxygen atoms in total. The van der Waals surface area contributed by atoms with Gasteiger partial charge in [-0.15, -0.1) is 0 Å². The van der Waals surface area contributed by atoms with Gasteiger partial charge in [0.1, 0.15) is 0 Å². The van der Waals surface area contributed by atoms with Crippen LogP contribution in [-0.2, 0) is 6.54 Å². The van der Waals surface area contributed by atoms with Crippen molar-refractivity contribution in [3.8, 4) is 6.07 Å². The molecule has 1 N–H and O–H groups in total. The van der Waals surface area contributed by atoms with Crippen LogP contribution in [0, 0.1) is 22.7 Å². The van der Waals surface area contributed by atoms with Crippen molar-refractivity contribution in [2.45, 2.75) is 39.3 Å². The Labute approximate surface area is 104 Å². The molecule has 1 aromatic rings. The molecule has 0 heterocycles. The van der Waals surface area contributed by atoms with Crippen LogP contribution in [0.25, 0.3) is 0 Å². The number of hydrogen-bond acceptors (Lipinski definition) is 2. The molecule has 2 heteroatoms. The van der Waals surface area contributed by atoms with Crippen molar-refractivity contribution in [3.63, 3.8) is 0 Å². The minimum absolute atomic E-state index is 0.00299.